The minimum atomic E-state index is -0.801. The Morgan fingerprint density at radius 2 is 1.47 bits per heavy atom. The second-order valence-electron chi connectivity index (χ2n) is 11.9. The van der Waals surface area contributed by atoms with Gasteiger partial charge in [-0.3, -0.25) is 19.2 Å². The number of hydrogen-bond acceptors (Lipinski definition) is 6. The van der Waals surface area contributed by atoms with Crippen LogP contribution in [0, 0.1) is 17.8 Å². The van der Waals surface area contributed by atoms with Crippen LogP contribution in [0.5, 0.6) is 0 Å². The maximum atomic E-state index is 13.3. The molecule has 0 bridgehead atoms. The highest BCUT2D eigenvalue weighted by Gasteiger charge is 2.25. The molecule has 6 amide bonds. The van der Waals surface area contributed by atoms with Crippen LogP contribution in [0.3, 0.4) is 0 Å². The third-order valence-electron chi connectivity index (χ3n) is 7.84. The number of para-hydroxylation sites is 1. The zero-order chi connectivity index (χ0) is 34.2. The molecule has 0 aliphatic carbocycles. The van der Waals surface area contributed by atoms with Gasteiger partial charge in [0, 0.05) is 43.6 Å². The number of benzene rings is 2. The maximum absolute atomic E-state index is 13.3. The summed E-state index contributed by atoms with van der Waals surface area (Å²) < 4.78 is 0. The van der Waals surface area contributed by atoms with Gasteiger partial charge < -0.3 is 37.6 Å². The highest BCUT2D eigenvalue weighted by atomic mass is 16.2. The molecule has 0 spiro atoms. The molecule has 252 valence electrons. The van der Waals surface area contributed by atoms with E-state index in [2.05, 4.69) is 33.1 Å². The summed E-state index contributed by atoms with van der Waals surface area (Å²) in [5.41, 5.74) is 14.4. The lowest BCUT2D eigenvalue weighted by atomic mass is 10.0. The minimum Gasteiger partial charge on any atom is -0.356 e. The van der Waals surface area contributed by atoms with E-state index in [9.17, 15) is 24.0 Å². The first kappa shape index (κ1) is 36.6. The van der Waals surface area contributed by atoms with Crippen molar-refractivity contribution in [3.8, 4) is 11.8 Å². The van der Waals surface area contributed by atoms with Crippen molar-refractivity contribution < 1.29 is 24.0 Å². The van der Waals surface area contributed by atoms with Crippen molar-refractivity contribution in [2.75, 3.05) is 24.5 Å². The molecule has 0 radical (unpaired) electrons. The Kier molecular flexibility index (Phi) is 14.7. The predicted octanol–water partition coefficient (Wildman–Crippen LogP) is 2.03. The molecule has 2 aromatic rings. The summed E-state index contributed by atoms with van der Waals surface area (Å²) in [6.45, 7) is 4.92. The highest BCUT2D eigenvalue weighted by Crippen LogP contribution is 2.25. The van der Waals surface area contributed by atoms with Crippen LogP contribution >= 0.6 is 0 Å². The Balaban J connectivity index is 1.38. The van der Waals surface area contributed by atoms with Crippen molar-refractivity contribution in [2.45, 2.75) is 77.4 Å². The normalized spacial score (nSPS) is 13.0. The van der Waals surface area contributed by atoms with Gasteiger partial charge in [0.25, 0.3) is 0 Å². The van der Waals surface area contributed by atoms with Crippen LogP contribution in [-0.2, 0) is 25.7 Å². The highest BCUT2D eigenvalue weighted by molar-refractivity contribution is 5.95. The van der Waals surface area contributed by atoms with Gasteiger partial charge in [-0.05, 0) is 55.4 Å². The monoisotopic (exact) mass is 645 g/mol. The Morgan fingerprint density at radius 3 is 2.21 bits per heavy atom. The molecule has 3 rings (SSSR count). The van der Waals surface area contributed by atoms with Gasteiger partial charge in [0.1, 0.15) is 6.04 Å². The van der Waals surface area contributed by atoms with E-state index in [0.717, 1.165) is 22.4 Å². The fourth-order valence-corrected chi connectivity index (χ4v) is 5.02. The maximum Gasteiger partial charge on any atom is 0.312 e. The fraction of sp³-hybridized carbons (Fsp3) is 0.457. The predicted molar refractivity (Wildman–Crippen MR) is 181 cm³/mol. The van der Waals surface area contributed by atoms with Gasteiger partial charge in [0.05, 0.1) is 18.3 Å². The van der Waals surface area contributed by atoms with Crippen molar-refractivity contribution in [2.24, 2.45) is 17.4 Å². The summed E-state index contributed by atoms with van der Waals surface area (Å²) in [5.74, 6) is 5.30. The summed E-state index contributed by atoms with van der Waals surface area (Å²) in [4.78, 5) is 63.7. The zero-order valence-corrected chi connectivity index (χ0v) is 27.3. The number of nitrogens with zero attached hydrogens (tertiary/aromatic N) is 1. The van der Waals surface area contributed by atoms with Gasteiger partial charge in [0.15, 0.2) is 0 Å². The van der Waals surface area contributed by atoms with E-state index < -0.39 is 24.0 Å². The third-order valence-corrected chi connectivity index (χ3v) is 7.84. The lowest BCUT2D eigenvalue weighted by molar-refractivity contribution is -0.130. The molecule has 1 aliphatic heterocycles. The lowest BCUT2D eigenvalue weighted by Gasteiger charge is -2.26. The molecule has 0 saturated carbocycles. The van der Waals surface area contributed by atoms with Crippen LogP contribution in [-0.4, -0.2) is 61.4 Å². The number of carbonyl (C=O) groups is 5. The molecule has 2 atom stereocenters. The van der Waals surface area contributed by atoms with E-state index in [0.29, 0.717) is 51.6 Å². The van der Waals surface area contributed by atoms with E-state index in [1.165, 1.54) is 0 Å². The third kappa shape index (κ3) is 12.1. The quantitative estimate of drug-likeness (QED) is 0.113. The molecular weight excluding hydrogens is 598 g/mol. The van der Waals surface area contributed by atoms with Gasteiger partial charge in [-0.25, -0.2) is 4.79 Å². The number of fused-ring (bicyclic) bond motifs is 2. The van der Waals surface area contributed by atoms with E-state index in [4.69, 9.17) is 11.5 Å². The number of rotatable bonds is 17. The molecular formula is C35H47N7O5. The smallest absolute Gasteiger partial charge is 0.312 e. The average molecular weight is 646 g/mol. The Bertz CT molecular complexity index is 1470. The summed E-state index contributed by atoms with van der Waals surface area (Å²) in [6.07, 6.45) is 3.16. The zero-order valence-electron chi connectivity index (χ0n) is 27.3. The Morgan fingerprint density at radius 1 is 0.787 bits per heavy atom. The number of hydrogen-bond donors (Lipinski definition) is 6. The first-order valence-corrected chi connectivity index (χ1v) is 16.2. The number of primary amides is 1. The first-order chi connectivity index (χ1) is 22.6. The first-order valence-electron chi connectivity index (χ1n) is 16.2. The van der Waals surface area contributed by atoms with Crippen LogP contribution in [0.2, 0.25) is 0 Å². The standard InChI is InChI=1S/C35H47N7O5/c1-24(2)32(36)34(46)41-28(14-10-21-40-35(37)47)33(45)39-20-9-3-4-16-30(43)38-22-19-31(44)42-23-27-13-6-5-11-25(27)17-18-26-12-7-8-15-29(26)42/h5-8,11-13,15,24,28,32H,3-4,9-10,14,16,19-23,36H2,1-2H3,(H,38,43)(H,39,45)(H,41,46)(H3,37,40,47)/t28-,32-/m0/s1. The number of nitrogens with one attached hydrogen (secondary N) is 4. The molecule has 47 heavy (non-hydrogen) atoms. The molecule has 1 aliphatic rings. The molecule has 12 nitrogen and oxygen atoms in total. The molecule has 1 heterocycles. The molecule has 0 aromatic heterocycles. The summed E-state index contributed by atoms with van der Waals surface area (Å²) >= 11 is 0. The topological polar surface area (TPSA) is 189 Å². The van der Waals surface area contributed by atoms with Crippen molar-refractivity contribution in [3.05, 3.63) is 65.2 Å². The molecule has 2 aromatic carbocycles. The SMILES string of the molecule is CC(C)[C@H](N)C(=O)N[C@@H](CCCNC(N)=O)C(=O)NCCCCCC(=O)NCCC(=O)N1Cc2ccccc2C#Cc2ccccc21. The Hall–Kier alpha value is -4.89. The van der Waals surface area contributed by atoms with Gasteiger partial charge in [0.2, 0.25) is 23.6 Å². The largest absolute Gasteiger partial charge is 0.356 e. The van der Waals surface area contributed by atoms with E-state index >= 15 is 0 Å². The van der Waals surface area contributed by atoms with Gasteiger partial charge in [-0.1, -0.05) is 62.4 Å². The van der Waals surface area contributed by atoms with E-state index in [-0.39, 0.29) is 43.1 Å². The average Bonchev–Trinajstić information content (AvgIpc) is 3.04. The van der Waals surface area contributed by atoms with E-state index in [1.54, 1.807) is 4.90 Å². The van der Waals surface area contributed by atoms with Crippen molar-refractivity contribution in [1.29, 1.82) is 0 Å². The number of nitrogens with two attached hydrogens (primary N) is 2. The van der Waals surface area contributed by atoms with Gasteiger partial charge >= 0.3 is 6.03 Å². The van der Waals surface area contributed by atoms with Gasteiger partial charge in [-0.15, -0.1) is 0 Å². The van der Waals surface area contributed by atoms with Crippen molar-refractivity contribution >= 4 is 35.3 Å². The number of unbranched alkanes of at least 4 members (excludes halogenated alkanes) is 2. The molecule has 0 unspecified atom stereocenters. The van der Waals surface area contributed by atoms with Gasteiger partial charge in [-0.2, -0.15) is 0 Å². The summed E-state index contributed by atoms with van der Waals surface area (Å²) in [6, 6.07) is 13.1. The molecule has 0 saturated heterocycles. The van der Waals surface area contributed by atoms with Crippen LogP contribution < -0.4 is 37.6 Å². The number of amides is 6. The second kappa shape index (κ2) is 18.9. The van der Waals surface area contributed by atoms with Crippen LogP contribution in [0.15, 0.2) is 48.5 Å². The van der Waals surface area contributed by atoms with Crippen LogP contribution in [0.4, 0.5) is 10.5 Å². The summed E-state index contributed by atoms with van der Waals surface area (Å²) in [5, 5.41) is 10.9. The molecule has 0 fully saturated rings. The minimum absolute atomic E-state index is 0.0946. The Labute approximate surface area is 276 Å². The van der Waals surface area contributed by atoms with Crippen LogP contribution in [0.1, 0.15) is 75.5 Å². The van der Waals surface area contributed by atoms with Crippen molar-refractivity contribution in [3.63, 3.8) is 0 Å². The second-order valence-corrected chi connectivity index (χ2v) is 11.9. The summed E-state index contributed by atoms with van der Waals surface area (Å²) in [7, 11) is 0. The lowest BCUT2D eigenvalue weighted by Crippen LogP contribution is -2.53. The molecule has 12 heteroatoms. The van der Waals surface area contributed by atoms with E-state index in [1.807, 2.05) is 62.4 Å². The van der Waals surface area contributed by atoms with Crippen LogP contribution in [0.25, 0.3) is 0 Å². The van der Waals surface area contributed by atoms with Crippen molar-refractivity contribution in [1.82, 2.24) is 21.3 Å². The number of urea groups is 1. The molecule has 8 N–H and O–H groups in total. The number of carbonyl (C=O) groups excluding carboxylic acids is 5. The fourth-order valence-electron chi connectivity index (χ4n) is 5.02. The number of anilines is 1.